The molecule has 1 amide bonds. The molecule has 25 heavy (non-hydrogen) atoms. The first kappa shape index (κ1) is 17.2. The fourth-order valence-electron chi connectivity index (χ4n) is 2.95. The SMILES string of the molecule is Cc1cc(C)n(C2CN(C(=O)Cn3cccc(C(F)(F)F)c3=O)C2)n1. The van der Waals surface area contributed by atoms with Gasteiger partial charge in [-0.1, -0.05) is 0 Å². The smallest absolute Gasteiger partial charge is 0.337 e. The third-order valence-electron chi connectivity index (χ3n) is 4.24. The van der Waals surface area contributed by atoms with Gasteiger partial charge in [-0.15, -0.1) is 0 Å². The van der Waals surface area contributed by atoms with Gasteiger partial charge in [0.1, 0.15) is 12.1 Å². The average molecular weight is 354 g/mol. The summed E-state index contributed by atoms with van der Waals surface area (Å²) in [7, 11) is 0. The van der Waals surface area contributed by atoms with Gasteiger partial charge in [-0.25, -0.2) is 0 Å². The van der Waals surface area contributed by atoms with E-state index < -0.39 is 23.8 Å². The van der Waals surface area contributed by atoms with Gasteiger partial charge < -0.3 is 9.47 Å². The van der Waals surface area contributed by atoms with Crippen LogP contribution in [0.4, 0.5) is 13.2 Å². The highest BCUT2D eigenvalue weighted by Crippen LogP contribution is 2.26. The highest BCUT2D eigenvalue weighted by molar-refractivity contribution is 5.77. The normalized spacial score (nSPS) is 15.3. The van der Waals surface area contributed by atoms with Crippen molar-refractivity contribution in [1.29, 1.82) is 0 Å². The number of halogens is 3. The molecule has 0 spiro atoms. The lowest BCUT2D eigenvalue weighted by Crippen LogP contribution is -2.52. The summed E-state index contributed by atoms with van der Waals surface area (Å²) in [4.78, 5) is 25.6. The molecule has 0 saturated carbocycles. The Bertz CT molecular complexity index is 863. The summed E-state index contributed by atoms with van der Waals surface area (Å²) in [6, 6.07) is 3.82. The van der Waals surface area contributed by atoms with Crippen molar-refractivity contribution in [3.05, 3.63) is 51.7 Å². The third kappa shape index (κ3) is 3.31. The second-order valence-corrected chi connectivity index (χ2v) is 6.18. The van der Waals surface area contributed by atoms with Crippen LogP contribution >= 0.6 is 0 Å². The number of likely N-dealkylation sites (tertiary alicyclic amines) is 1. The van der Waals surface area contributed by atoms with E-state index in [2.05, 4.69) is 5.10 Å². The second-order valence-electron chi connectivity index (χ2n) is 6.18. The van der Waals surface area contributed by atoms with E-state index in [-0.39, 0.29) is 11.9 Å². The lowest BCUT2D eigenvalue weighted by atomic mass is 10.1. The quantitative estimate of drug-likeness (QED) is 0.844. The van der Waals surface area contributed by atoms with Crippen molar-refractivity contribution < 1.29 is 18.0 Å². The molecular formula is C16H17F3N4O2. The molecule has 0 aromatic carbocycles. The van der Waals surface area contributed by atoms with Gasteiger partial charge in [0.05, 0.1) is 11.7 Å². The van der Waals surface area contributed by atoms with Gasteiger partial charge >= 0.3 is 6.18 Å². The molecule has 0 radical (unpaired) electrons. The summed E-state index contributed by atoms with van der Waals surface area (Å²) in [5.74, 6) is -0.390. The third-order valence-corrected chi connectivity index (χ3v) is 4.24. The Morgan fingerprint density at radius 1 is 1.32 bits per heavy atom. The maximum absolute atomic E-state index is 12.8. The molecule has 1 aliphatic rings. The van der Waals surface area contributed by atoms with Crippen LogP contribution in [-0.2, 0) is 17.5 Å². The monoisotopic (exact) mass is 354 g/mol. The maximum atomic E-state index is 12.8. The average Bonchev–Trinajstić information content (AvgIpc) is 2.77. The molecule has 3 heterocycles. The number of amides is 1. The van der Waals surface area contributed by atoms with Gasteiger partial charge in [0.15, 0.2) is 0 Å². The fraction of sp³-hybridized carbons (Fsp3) is 0.438. The van der Waals surface area contributed by atoms with Gasteiger partial charge in [0, 0.05) is 25.0 Å². The summed E-state index contributed by atoms with van der Waals surface area (Å²) >= 11 is 0. The largest absolute Gasteiger partial charge is 0.421 e. The number of rotatable bonds is 3. The van der Waals surface area contributed by atoms with Crippen LogP contribution in [0.1, 0.15) is 23.0 Å². The van der Waals surface area contributed by atoms with E-state index >= 15 is 0 Å². The van der Waals surface area contributed by atoms with Gasteiger partial charge in [-0.05, 0) is 32.0 Å². The highest BCUT2D eigenvalue weighted by atomic mass is 19.4. The Balaban J connectivity index is 1.67. The first-order valence-electron chi connectivity index (χ1n) is 7.74. The topological polar surface area (TPSA) is 60.1 Å². The number of carbonyl (C=O) groups is 1. The van der Waals surface area contributed by atoms with Gasteiger partial charge in [0.25, 0.3) is 5.56 Å². The van der Waals surface area contributed by atoms with Crippen LogP contribution in [0, 0.1) is 13.8 Å². The molecular weight excluding hydrogens is 337 g/mol. The van der Waals surface area contributed by atoms with Crippen molar-refractivity contribution in [2.75, 3.05) is 13.1 Å². The van der Waals surface area contributed by atoms with Crippen molar-refractivity contribution in [3.8, 4) is 0 Å². The molecule has 2 aromatic heterocycles. The lowest BCUT2D eigenvalue weighted by molar-refractivity contribution is -0.141. The van der Waals surface area contributed by atoms with Crippen LogP contribution in [-0.4, -0.2) is 38.2 Å². The van der Waals surface area contributed by atoms with E-state index in [0.29, 0.717) is 19.2 Å². The Morgan fingerprint density at radius 3 is 2.56 bits per heavy atom. The number of nitrogens with zero attached hydrogens (tertiary/aromatic N) is 4. The Labute approximate surface area is 141 Å². The molecule has 134 valence electrons. The van der Waals surface area contributed by atoms with E-state index in [1.165, 1.54) is 11.1 Å². The number of pyridine rings is 1. The molecule has 1 saturated heterocycles. The number of hydrogen-bond donors (Lipinski definition) is 0. The summed E-state index contributed by atoms with van der Waals surface area (Å²) in [6.07, 6.45) is -3.55. The van der Waals surface area contributed by atoms with Crippen LogP contribution in [0.2, 0.25) is 0 Å². The van der Waals surface area contributed by atoms with E-state index in [9.17, 15) is 22.8 Å². The number of hydrogen-bond acceptors (Lipinski definition) is 3. The van der Waals surface area contributed by atoms with Crippen molar-refractivity contribution in [2.45, 2.75) is 32.6 Å². The zero-order valence-electron chi connectivity index (χ0n) is 13.7. The summed E-state index contributed by atoms with van der Waals surface area (Å²) in [5, 5.41) is 4.36. The van der Waals surface area contributed by atoms with Crippen molar-refractivity contribution in [2.24, 2.45) is 0 Å². The van der Waals surface area contributed by atoms with Crippen LogP contribution in [0.15, 0.2) is 29.2 Å². The van der Waals surface area contributed by atoms with E-state index in [1.807, 2.05) is 24.6 Å². The standard InChI is InChI=1S/C16H17F3N4O2/c1-10-6-11(2)23(20-10)12-7-22(8-12)14(24)9-21-5-3-4-13(15(21)25)16(17,18)19/h3-6,12H,7-9H2,1-2H3. The molecule has 0 bridgehead atoms. The Kier molecular flexibility index (Phi) is 4.18. The molecule has 6 nitrogen and oxygen atoms in total. The first-order chi connectivity index (χ1) is 11.7. The first-order valence-corrected chi connectivity index (χ1v) is 7.74. The predicted octanol–water partition coefficient (Wildman–Crippen LogP) is 1.76. The van der Waals surface area contributed by atoms with Crippen molar-refractivity contribution in [3.63, 3.8) is 0 Å². The minimum Gasteiger partial charge on any atom is -0.337 e. The molecule has 1 aliphatic heterocycles. The van der Waals surface area contributed by atoms with Crippen molar-refractivity contribution >= 4 is 5.91 Å². The van der Waals surface area contributed by atoms with Crippen LogP contribution < -0.4 is 5.56 Å². The van der Waals surface area contributed by atoms with E-state index in [1.54, 1.807) is 0 Å². The second kappa shape index (κ2) is 6.05. The van der Waals surface area contributed by atoms with E-state index in [0.717, 1.165) is 22.0 Å². The zero-order valence-corrected chi connectivity index (χ0v) is 13.7. The minimum atomic E-state index is -4.74. The Hall–Kier alpha value is -2.58. The fourth-order valence-corrected chi connectivity index (χ4v) is 2.95. The molecule has 0 atom stereocenters. The lowest BCUT2D eigenvalue weighted by Gasteiger charge is -2.39. The van der Waals surface area contributed by atoms with Crippen LogP contribution in [0.25, 0.3) is 0 Å². The molecule has 0 aliphatic carbocycles. The van der Waals surface area contributed by atoms with Crippen LogP contribution in [0.3, 0.4) is 0 Å². The van der Waals surface area contributed by atoms with Crippen LogP contribution in [0.5, 0.6) is 0 Å². The van der Waals surface area contributed by atoms with Gasteiger partial charge in [0.2, 0.25) is 5.91 Å². The molecule has 3 rings (SSSR count). The minimum absolute atomic E-state index is 0.0517. The van der Waals surface area contributed by atoms with Gasteiger partial charge in [-0.2, -0.15) is 18.3 Å². The Morgan fingerprint density at radius 2 is 2.00 bits per heavy atom. The molecule has 9 heteroatoms. The number of alkyl halides is 3. The van der Waals surface area contributed by atoms with E-state index in [4.69, 9.17) is 0 Å². The maximum Gasteiger partial charge on any atom is 0.421 e. The number of aryl methyl sites for hydroxylation is 2. The number of carbonyl (C=O) groups excluding carboxylic acids is 1. The van der Waals surface area contributed by atoms with Crippen molar-refractivity contribution in [1.82, 2.24) is 19.2 Å². The number of aromatic nitrogens is 3. The summed E-state index contributed by atoms with van der Waals surface area (Å²) < 4.78 is 40.9. The molecule has 1 fully saturated rings. The van der Waals surface area contributed by atoms with Gasteiger partial charge in [-0.3, -0.25) is 14.3 Å². The molecule has 2 aromatic rings. The summed E-state index contributed by atoms with van der Waals surface area (Å²) in [5.41, 5.74) is -0.604. The molecule has 0 unspecified atom stereocenters. The predicted molar refractivity (Wildman–Crippen MR) is 83.0 cm³/mol. The highest BCUT2D eigenvalue weighted by Gasteiger charge is 2.36. The molecule has 0 N–H and O–H groups in total. The zero-order chi connectivity index (χ0) is 18.4. The summed E-state index contributed by atoms with van der Waals surface area (Å²) in [6.45, 7) is 4.24.